The number of ether oxygens (including phenoxy) is 1. The van der Waals surface area contributed by atoms with Crippen molar-refractivity contribution in [3.63, 3.8) is 0 Å². The number of carbonyl (C=O) groups is 2. The van der Waals surface area contributed by atoms with Crippen LogP contribution in [0, 0.1) is 12.7 Å². The molecule has 1 aliphatic heterocycles. The number of amides is 1. The SMILES string of the molecule is COC(=O)CN1CCN(C(=O)c2ccc(C)cc2F)CC1. The summed E-state index contributed by atoms with van der Waals surface area (Å²) in [5.74, 6) is -1.08. The highest BCUT2D eigenvalue weighted by molar-refractivity contribution is 5.94. The minimum absolute atomic E-state index is 0.0991. The van der Waals surface area contributed by atoms with Crippen molar-refractivity contribution in [1.29, 1.82) is 0 Å². The molecule has 0 saturated carbocycles. The molecule has 0 atom stereocenters. The second kappa shape index (κ2) is 6.67. The number of nitrogens with zero attached hydrogens (tertiary/aromatic N) is 2. The summed E-state index contributed by atoms with van der Waals surface area (Å²) < 4.78 is 18.4. The lowest BCUT2D eigenvalue weighted by Gasteiger charge is -2.34. The molecule has 2 rings (SSSR count). The van der Waals surface area contributed by atoms with Gasteiger partial charge >= 0.3 is 5.97 Å². The molecule has 0 aromatic heterocycles. The van der Waals surface area contributed by atoms with Crippen molar-refractivity contribution in [3.05, 3.63) is 35.1 Å². The predicted octanol–water partition coefficient (Wildman–Crippen LogP) is 1.06. The first-order chi connectivity index (χ1) is 10.0. The van der Waals surface area contributed by atoms with E-state index in [9.17, 15) is 14.0 Å². The van der Waals surface area contributed by atoms with E-state index in [0.717, 1.165) is 5.56 Å². The van der Waals surface area contributed by atoms with E-state index < -0.39 is 5.82 Å². The average Bonchev–Trinajstić information content (AvgIpc) is 2.47. The normalized spacial score (nSPS) is 15.9. The fourth-order valence-corrected chi connectivity index (χ4v) is 2.32. The summed E-state index contributed by atoms with van der Waals surface area (Å²) in [6.45, 7) is 4.11. The third-order valence-electron chi connectivity index (χ3n) is 3.59. The van der Waals surface area contributed by atoms with E-state index in [-0.39, 0.29) is 24.0 Å². The molecule has 114 valence electrons. The van der Waals surface area contributed by atoms with Gasteiger partial charge in [-0.1, -0.05) is 6.07 Å². The summed E-state index contributed by atoms with van der Waals surface area (Å²) in [7, 11) is 1.35. The zero-order chi connectivity index (χ0) is 15.4. The lowest BCUT2D eigenvalue weighted by molar-refractivity contribution is -0.142. The van der Waals surface area contributed by atoms with Crippen molar-refractivity contribution in [2.24, 2.45) is 0 Å². The molecule has 6 heteroatoms. The van der Waals surface area contributed by atoms with Crippen LogP contribution in [0.25, 0.3) is 0 Å². The second-order valence-electron chi connectivity index (χ2n) is 5.13. The van der Waals surface area contributed by atoms with Crippen molar-refractivity contribution < 1.29 is 18.7 Å². The molecule has 0 N–H and O–H groups in total. The van der Waals surface area contributed by atoms with Crippen molar-refractivity contribution in [2.75, 3.05) is 39.8 Å². The van der Waals surface area contributed by atoms with Crippen LogP contribution in [0.1, 0.15) is 15.9 Å². The summed E-state index contributed by atoms with van der Waals surface area (Å²) in [4.78, 5) is 27.0. The summed E-state index contributed by atoms with van der Waals surface area (Å²) in [6.07, 6.45) is 0. The molecule has 1 amide bonds. The minimum Gasteiger partial charge on any atom is -0.468 e. The Labute approximate surface area is 123 Å². The zero-order valence-electron chi connectivity index (χ0n) is 12.3. The third-order valence-corrected chi connectivity index (χ3v) is 3.59. The molecule has 0 radical (unpaired) electrons. The monoisotopic (exact) mass is 294 g/mol. The van der Waals surface area contributed by atoms with Gasteiger partial charge in [0.1, 0.15) is 5.82 Å². The topological polar surface area (TPSA) is 49.9 Å². The van der Waals surface area contributed by atoms with Gasteiger partial charge in [0.15, 0.2) is 0 Å². The molecular formula is C15H19FN2O3. The first-order valence-corrected chi connectivity index (χ1v) is 6.86. The Morgan fingerprint density at radius 2 is 1.90 bits per heavy atom. The molecule has 5 nitrogen and oxygen atoms in total. The molecule has 1 saturated heterocycles. The van der Waals surface area contributed by atoms with Crippen molar-refractivity contribution >= 4 is 11.9 Å². The number of carbonyl (C=O) groups excluding carboxylic acids is 2. The molecule has 0 aliphatic carbocycles. The van der Waals surface area contributed by atoms with Gasteiger partial charge in [0, 0.05) is 26.2 Å². The van der Waals surface area contributed by atoms with Crippen molar-refractivity contribution in [1.82, 2.24) is 9.80 Å². The summed E-state index contributed by atoms with van der Waals surface area (Å²) in [5.41, 5.74) is 0.883. The van der Waals surface area contributed by atoms with Crippen LogP contribution in [0.3, 0.4) is 0 Å². The molecule has 1 fully saturated rings. The number of piperazine rings is 1. The maximum Gasteiger partial charge on any atom is 0.319 e. The molecule has 1 aromatic carbocycles. The molecule has 21 heavy (non-hydrogen) atoms. The van der Waals surface area contributed by atoms with E-state index in [2.05, 4.69) is 4.74 Å². The first-order valence-electron chi connectivity index (χ1n) is 6.86. The summed E-state index contributed by atoms with van der Waals surface area (Å²) in [5, 5.41) is 0. The quantitative estimate of drug-likeness (QED) is 0.782. The molecule has 0 bridgehead atoms. The highest BCUT2D eigenvalue weighted by Gasteiger charge is 2.25. The molecule has 0 spiro atoms. The average molecular weight is 294 g/mol. The van der Waals surface area contributed by atoms with E-state index in [1.54, 1.807) is 17.9 Å². The lowest BCUT2D eigenvalue weighted by atomic mass is 10.1. The van der Waals surface area contributed by atoms with Gasteiger partial charge in [-0.25, -0.2) is 4.39 Å². The Balaban J connectivity index is 1.95. The van der Waals surface area contributed by atoms with E-state index in [1.165, 1.54) is 19.2 Å². The Hall–Kier alpha value is -1.95. The van der Waals surface area contributed by atoms with E-state index in [1.807, 2.05) is 4.90 Å². The minimum atomic E-state index is -0.489. The van der Waals surface area contributed by atoms with E-state index >= 15 is 0 Å². The molecule has 1 aliphatic rings. The third kappa shape index (κ3) is 3.78. The first kappa shape index (κ1) is 15.4. The highest BCUT2D eigenvalue weighted by Crippen LogP contribution is 2.14. The van der Waals surface area contributed by atoms with Crippen LogP contribution in [0.4, 0.5) is 4.39 Å². The van der Waals surface area contributed by atoms with Gasteiger partial charge in [0.25, 0.3) is 5.91 Å². The second-order valence-corrected chi connectivity index (χ2v) is 5.13. The lowest BCUT2D eigenvalue weighted by Crippen LogP contribution is -2.50. The standard InChI is InChI=1S/C15H19FN2O3/c1-11-3-4-12(13(16)9-11)15(20)18-7-5-17(6-8-18)10-14(19)21-2/h3-4,9H,5-8,10H2,1-2H3. The van der Waals surface area contributed by atoms with E-state index in [4.69, 9.17) is 0 Å². The maximum atomic E-state index is 13.8. The van der Waals surface area contributed by atoms with Gasteiger partial charge in [-0.3, -0.25) is 14.5 Å². The van der Waals surface area contributed by atoms with E-state index in [0.29, 0.717) is 26.2 Å². The summed E-state index contributed by atoms with van der Waals surface area (Å²) >= 11 is 0. The van der Waals surface area contributed by atoms with Gasteiger partial charge in [-0.15, -0.1) is 0 Å². The molecule has 0 unspecified atom stereocenters. The number of halogens is 1. The van der Waals surface area contributed by atoms with Crippen LogP contribution in [-0.2, 0) is 9.53 Å². The Bertz CT molecular complexity index is 540. The van der Waals surface area contributed by atoms with Gasteiger partial charge < -0.3 is 9.64 Å². The molecular weight excluding hydrogens is 275 g/mol. The van der Waals surface area contributed by atoms with Crippen molar-refractivity contribution in [3.8, 4) is 0 Å². The Morgan fingerprint density at radius 1 is 1.24 bits per heavy atom. The van der Waals surface area contributed by atoms with Gasteiger partial charge in [-0.05, 0) is 24.6 Å². The number of hydrogen-bond acceptors (Lipinski definition) is 4. The smallest absolute Gasteiger partial charge is 0.319 e. The largest absolute Gasteiger partial charge is 0.468 e. The van der Waals surface area contributed by atoms with Crippen molar-refractivity contribution in [2.45, 2.75) is 6.92 Å². The van der Waals surface area contributed by atoms with Crippen LogP contribution in [0.15, 0.2) is 18.2 Å². The van der Waals surface area contributed by atoms with Gasteiger partial charge in [-0.2, -0.15) is 0 Å². The number of rotatable bonds is 3. The number of hydrogen-bond donors (Lipinski definition) is 0. The van der Waals surface area contributed by atoms with Crippen LogP contribution in [-0.4, -0.2) is 61.5 Å². The number of methoxy groups -OCH3 is 1. The number of benzene rings is 1. The highest BCUT2D eigenvalue weighted by atomic mass is 19.1. The Morgan fingerprint density at radius 3 is 2.48 bits per heavy atom. The molecule has 1 heterocycles. The van der Waals surface area contributed by atoms with Gasteiger partial charge in [0.2, 0.25) is 0 Å². The fraction of sp³-hybridized carbons (Fsp3) is 0.467. The summed E-state index contributed by atoms with van der Waals surface area (Å²) in [6, 6.07) is 4.61. The fourth-order valence-electron chi connectivity index (χ4n) is 2.32. The van der Waals surface area contributed by atoms with Crippen LogP contribution >= 0.6 is 0 Å². The number of aryl methyl sites for hydroxylation is 1. The Kier molecular flexibility index (Phi) is 4.90. The molecule has 1 aromatic rings. The van der Waals surface area contributed by atoms with Crippen LogP contribution in [0.5, 0.6) is 0 Å². The van der Waals surface area contributed by atoms with Crippen LogP contribution in [0.2, 0.25) is 0 Å². The number of esters is 1. The van der Waals surface area contributed by atoms with Crippen LogP contribution < -0.4 is 0 Å². The van der Waals surface area contributed by atoms with Gasteiger partial charge in [0.05, 0.1) is 19.2 Å². The zero-order valence-corrected chi connectivity index (χ0v) is 12.3. The predicted molar refractivity (Wildman–Crippen MR) is 75.5 cm³/mol. The maximum absolute atomic E-state index is 13.8.